The molecule has 0 unspecified atom stereocenters. The molecule has 1 saturated carbocycles. The summed E-state index contributed by atoms with van der Waals surface area (Å²) in [6.07, 6.45) is -3.09. The minimum atomic E-state index is -5.36. The third-order valence-electron chi connectivity index (χ3n) is 6.62. The van der Waals surface area contributed by atoms with Crippen LogP contribution in [-0.2, 0) is 10.5 Å². The number of nitrogens with zero attached hydrogens (tertiary/aromatic N) is 2. The number of benzene rings is 3. The Labute approximate surface area is 223 Å². The Bertz CT molecular complexity index is 2060. The van der Waals surface area contributed by atoms with Crippen molar-refractivity contribution in [2.75, 3.05) is 6.61 Å². The van der Waals surface area contributed by atoms with Crippen LogP contribution in [0.15, 0.2) is 59.4 Å². The van der Waals surface area contributed by atoms with E-state index in [-0.39, 0.29) is 28.3 Å². The average molecular weight is 572 g/mol. The maximum absolute atomic E-state index is 13.8. The van der Waals surface area contributed by atoms with Crippen molar-refractivity contribution in [3.63, 3.8) is 0 Å². The SMILES string of the molecule is N#Cc1ccc2c(c1)[nH]c1c2c(=O)c2cc(OCC(F)(F)F)c(-c3cccc(OS(=O)(=O)F)c3)cc2n1C1CC1. The van der Waals surface area contributed by atoms with Crippen molar-refractivity contribution < 1.29 is 34.4 Å². The molecule has 1 aliphatic carbocycles. The number of ether oxygens (including phenoxy) is 1. The highest BCUT2D eigenvalue weighted by Crippen LogP contribution is 2.43. The zero-order valence-corrected chi connectivity index (χ0v) is 21.1. The maximum Gasteiger partial charge on any atom is 0.488 e. The fourth-order valence-electron chi connectivity index (χ4n) is 4.92. The molecule has 0 saturated heterocycles. The molecule has 3 aromatic carbocycles. The van der Waals surface area contributed by atoms with Crippen molar-refractivity contribution >= 4 is 43.3 Å². The van der Waals surface area contributed by atoms with E-state index in [9.17, 15) is 35.5 Å². The van der Waals surface area contributed by atoms with E-state index in [1.807, 2.05) is 4.57 Å². The highest BCUT2D eigenvalue weighted by molar-refractivity contribution is 7.81. The lowest BCUT2D eigenvalue weighted by atomic mass is 10.0. The summed E-state index contributed by atoms with van der Waals surface area (Å²) in [7, 11) is -5.36. The highest BCUT2D eigenvalue weighted by atomic mass is 32.3. The van der Waals surface area contributed by atoms with E-state index in [0.29, 0.717) is 33.0 Å². The predicted octanol–water partition coefficient (Wildman–Crippen LogP) is 6.04. The molecule has 1 aliphatic rings. The second-order valence-corrected chi connectivity index (χ2v) is 10.4. The summed E-state index contributed by atoms with van der Waals surface area (Å²) in [5.41, 5.74) is 1.69. The van der Waals surface area contributed by atoms with Gasteiger partial charge in [-0.2, -0.15) is 26.9 Å². The largest absolute Gasteiger partial charge is 0.488 e. The molecule has 13 heteroatoms. The van der Waals surface area contributed by atoms with Crippen molar-refractivity contribution in [2.45, 2.75) is 25.1 Å². The number of aromatic nitrogens is 2. The van der Waals surface area contributed by atoms with E-state index in [4.69, 9.17) is 4.74 Å². The minimum absolute atomic E-state index is 0.00441. The number of pyridine rings is 1. The van der Waals surface area contributed by atoms with Crippen molar-refractivity contribution in [3.05, 3.63) is 70.4 Å². The molecule has 0 radical (unpaired) electrons. The summed E-state index contributed by atoms with van der Waals surface area (Å²) < 4.78 is 86.0. The summed E-state index contributed by atoms with van der Waals surface area (Å²) >= 11 is 0. The van der Waals surface area contributed by atoms with Gasteiger partial charge < -0.3 is 18.5 Å². The van der Waals surface area contributed by atoms with Gasteiger partial charge in [-0.15, -0.1) is 0 Å². The molecule has 0 atom stereocenters. The lowest BCUT2D eigenvalue weighted by Gasteiger charge is -2.18. The number of nitrogens with one attached hydrogen (secondary N) is 1. The van der Waals surface area contributed by atoms with Crippen LogP contribution in [0, 0.1) is 11.3 Å². The van der Waals surface area contributed by atoms with Crippen LogP contribution in [0.25, 0.3) is 44.0 Å². The van der Waals surface area contributed by atoms with Crippen LogP contribution in [-0.4, -0.2) is 30.8 Å². The molecule has 0 aliphatic heterocycles. The number of hydrogen-bond donors (Lipinski definition) is 1. The number of rotatable bonds is 6. The van der Waals surface area contributed by atoms with Crippen LogP contribution in [0.2, 0.25) is 0 Å². The van der Waals surface area contributed by atoms with Gasteiger partial charge in [-0.05, 0) is 54.8 Å². The summed E-state index contributed by atoms with van der Waals surface area (Å²) in [5.74, 6) is -0.684. The van der Waals surface area contributed by atoms with E-state index < -0.39 is 34.5 Å². The first kappa shape index (κ1) is 25.7. The first-order chi connectivity index (χ1) is 18.9. The average Bonchev–Trinajstić information content (AvgIpc) is 3.65. The van der Waals surface area contributed by atoms with E-state index in [1.54, 1.807) is 18.2 Å². The Hall–Kier alpha value is -4.57. The Kier molecular flexibility index (Phi) is 5.77. The molecule has 2 aromatic heterocycles. The van der Waals surface area contributed by atoms with Crippen LogP contribution in [0.1, 0.15) is 24.4 Å². The van der Waals surface area contributed by atoms with E-state index in [0.717, 1.165) is 18.9 Å². The van der Waals surface area contributed by atoms with Gasteiger partial charge in [0.1, 0.15) is 17.1 Å². The maximum atomic E-state index is 13.8. The number of aromatic amines is 1. The van der Waals surface area contributed by atoms with Gasteiger partial charge in [0, 0.05) is 22.5 Å². The van der Waals surface area contributed by atoms with Gasteiger partial charge in [0.2, 0.25) is 0 Å². The quantitative estimate of drug-likeness (QED) is 0.196. The van der Waals surface area contributed by atoms with Gasteiger partial charge in [-0.1, -0.05) is 22.1 Å². The normalized spacial score (nSPS) is 14.1. The van der Waals surface area contributed by atoms with Gasteiger partial charge >= 0.3 is 16.7 Å². The van der Waals surface area contributed by atoms with E-state index >= 15 is 0 Å². The first-order valence-corrected chi connectivity index (χ1v) is 13.2. The van der Waals surface area contributed by atoms with Crippen molar-refractivity contribution in [1.29, 1.82) is 5.26 Å². The Balaban J connectivity index is 1.66. The van der Waals surface area contributed by atoms with Crippen molar-refractivity contribution in [3.8, 4) is 28.7 Å². The molecular formula is C27H17F4N3O5S. The molecule has 40 heavy (non-hydrogen) atoms. The van der Waals surface area contributed by atoms with Crippen LogP contribution in [0.5, 0.6) is 11.5 Å². The lowest BCUT2D eigenvalue weighted by molar-refractivity contribution is -0.153. The zero-order valence-electron chi connectivity index (χ0n) is 20.3. The van der Waals surface area contributed by atoms with Gasteiger partial charge in [-0.3, -0.25) is 4.79 Å². The van der Waals surface area contributed by atoms with Crippen LogP contribution in [0.4, 0.5) is 17.1 Å². The van der Waals surface area contributed by atoms with Crippen LogP contribution >= 0.6 is 0 Å². The molecule has 8 nitrogen and oxygen atoms in total. The van der Waals surface area contributed by atoms with Crippen LogP contribution < -0.4 is 14.3 Å². The molecule has 6 rings (SSSR count). The lowest BCUT2D eigenvalue weighted by Crippen LogP contribution is -2.20. The molecule has 2 heterocycles. The number of H-pyrrole nitrogens is 1. The number of nitriles is 1. The van der Waals surface area contributed by atoms with Gasteiger partial charge in [-0.25, -0.2) is 0 Å². The Morgan fingerprint density at radius 2 is 1.85 bits per heavy atom. The summed E-state index contributed by atoms with van der Waals surface area (Å²) in [5, 5.41) is 10.3. The highest BCUT2D eigenvalue weighted by Gasteiger charge is 2.31. The molecule has 0 amide bonds. The second-order valence-electron chi connectivity index (χ2n) is 9.42. The van der Waals surface area contributed by atoms with Crippen LogP contribution in [0.3, 0.4) is 0 Å². The fourth-order valence-corrected chi connectivity index (χ4v) is 5.25. The standard InChI is InChI=1S/C27H17F4N3O5S/c28-27(29,30)13-38-23-11-20-22(10-19(23)15-2-1-3-17(9-15)39-40(31,36)37)34(16-5-6-16)26-24(25(20)35)18-7-4-14(12-32)8-21(18)33-26/h1-4,7-11,16,33H,5-6,13H2. The molecule has 0 spiro atoms. The predicted molar refractivity (Wildman–Crippen MR) is 138 cm³/mol. The summed E-state index contributed by atoms with van der Waals surface area (Å²) in [6, 6.07) is 14.7. The first-order valence-electron chi connectivity index (χ1n) is 11.9. The smallest absolute Gasteiger partial charge is 0.483 e. The van der Waals surface area contributed by atoms with Gasteiger partial charge in [0.25, 0.3) is 0 Å². The fraction of sp³-hybridized carbons (Fsp3) is 0.185. The Morgan fingerprint density at radius 3 is 2.52 bits per heavy atom. The molecule has 1 fully saturated rings. The van der Waals surface area contributed by atoms with Crippen molar-refractivity contribution in [1.82, 2.24) is 9.55 Å². The monoisotopic (exact) mass is 571 g/mol. The molecule has 204 valence electrons. The summed E-state index contributed by atoms with van der Waals surface area (Å²) in [4.78, 5) is 17.1. The minimum Gasteiger partial charge on any atom is -0.483 e. The van der Waals surface area contributed by atoms with Gasteiger partial charge in [0.05, 0.1) is 27.9 Å². The third kappa shape index (κ3) is 4.71. The Morgan fingerprint density at radius 1 is 1.07 bits per heavy atom. The van der Waals surface area contributed by atoms with E-state index in [2.05, 4.69) is 15.2 Å². The number of alkyl halides is 3. The number of fused-ring (bicyclic) bond motifs is 4. The molecule has 5 aromatic rings. The number of halogens is 4. The molecular weight excluding hydrogens is 554 g/mol. The molecule has 1 N–H and O–H groups in total. The van der Waals surface area contributed by atoms with E-state index in [1.165, 1.54) is 30.3 Å². The molecule has 0 bridgehead atoms. The second kappa shape index (κ2) is 8.99. The van der Waals surface area contributed by atoms with Crippen molar-refractivity contribution in [2.24, 2.45) is 0 Å². The van der Waals surface area contributed by atoms with Gasteiger partial charge in [0.15, 0.2) is 12.0 Å². The number of hydrogen-bond acceptors (Lipinski definition) is 6. The zero-order chi connectivity index (χ0) is 28.4. The third-order valence-corrected chi connectivity index (χ3v) is 7.01. The topological polar surface area (TPSA) is 114 Å². The summed E-state index contributed by atoms with van der Waals surface area (Å²) in [6.45, 7) is -1.65.